The predicted octanol–water partition coefficient (Wildman–Crippen LogP) is 1.42. The Hall–Kier alpha value is -0.870. The zero-order valence-corrected chi connectivity index (χ0v) is 9.86. The smallest absolute Gasteiger partial charge is 0.0666 e. The number of aromatic nitrogens is 2. The second-order valence-electron chi connectivity index (χ2n) is 3.75. The SMILES string of the molecule is CCNCc1ccnn1CCOC(C)C. The molecule has 0 spiro atoms. The van der Waals surface area contributed by atoms with Gasteiger partial charge in [-0.05, 0) is 26.5 Å². The van der Waals surface area contributed by atoms with Crippen LogP contribution in [0, 0.1) is 0 Å². The third-order valence-corrected chi connectivity index (χ3v) is 2.11. The van der Waals surface area contributed by atoms with E-state index in [-0.39, 0.29) is 6.10 Å². The lowest BCUT2D eigenvalue weighted by atomic mass is 10.4. The fourth-order valence-electron chi connectivity index (χ4n) is 1.34. The first-order valence-corrected chi connectivity index (χ1v) is 5.57. The summed E-state index contributed by atoms with van der Waals surface area (Å²) in [5.41, 5.74) is 1.21. The Morgan fingerprint density at radius 3 is 3.00 bits per heavy atom. The number of rotatable bonds is 7. The number of ether oxygens (including phenoxy) is 1. The molecule has 0 aromatic carbocycles. The van der Waals surface area contributed by atoms with Crippen molar-refractivity contribution in [2.45, 2.75) is 40.0 Å². The highest BCUT2D eigenvalue weighted by molar-refractivity contribution is 4.99. The molecule has 4 nitrogen and oxygen atoms in total. The van der Waals surface area contributed by atoms with Crippen molar-refractivity contribution in [3.8, 4) is 0 Å². The molecule has 0 saturated heterocycles. The second-order valence-corrected chi connectivity index (χ2v) is 3.75. The summed E-state index contributed by atoms with van der Waals surface area (Å²) in [5, 5.41) is 7.55. The van der Waals surface area contributed by atoms with Crippen molar-refractivity contribution >= 4 is 0 Å². The Kier molecular flexibility index (Phi) is 5.36. The monoisotopic (exact) mass is 211 g/mol. The van der Waals surface area contributed by atoms with Crippen molar-refractivity contribution in [1.82, 2.24) is 15.1 Å². The lowest BCUT2D eigenvalue weighted by molar-refractivity contribution is 0.0704. The third-order valence-electron chi connectivity index (χ3n) is 2.11. The summed E-state index contributed by atoms with van der Waals surface area (Å²) in [4.78, 5) is 0. The summed E-state index contributed by atoms with van der Waals surface area (Å²) < 4.78 is 7.48. The van der Waals surface area contributed by atoms with Crippen LogP contribution in [0.25, 0.3) is 0 Å². The van der Waals surface area contributed by atoms with Gasteiger partial charge in [0.15, 0.2) is 0 Å². The van der Waals surface area contributed by atoms with Crippen LogP contribution in [0.15, 0.2) is 12.3 Å². The van der Waals surface area contributed by atoms with E-state index in [1.54, 1.807) is 0 Å². The van der Waals surface area contributed by atoms with Gasteiger partial charge in [-0.25, -0.2) is 0 Å². The third kappa shape index (κ3) is 4.44. The molecule has 0 bridgehead atoms. The zero-order valence-electron chi connectivity index (χ0n) is 9.86. The quantitative estimate of drug-likeness (QED) is 0.741. The van der Waals surface area contributed by atoms with E-state index in [4.69, 9.17) is 4.74 Å². The lowest BCUT2D eigenvalue weighted by Crippen LogP contribution is -2.18. The molecule has 0 aliphatic rings. The molecule has 1 aromatic rings. The molecule has 86 valence electrons. The number of nitrogens with one attached hydrogen (secondary N) is 1. The molecule has 1 rings (SSSR count). The highest BCUT2D eigenvalue weighted by atomic mass is 16.5. The minimum atomic E-state index is 0.290. The van der Waals surface area contributed by atoms with Gasteiger partial charge in [0.1, 0.15) is 0 Å². The molecule has 0 aliphatic heterocycles. The van der Waals surface area contributed by atoms with Crippen LogP contribution in [0.4, 0.5) is 0 Å². The summed E-state index contributed by atoms with van der Waals surface area (Å²) in [6.45, 7) is 9.59. The van der Waals surface area contributed by atoms with Gasteiger partial charge in [0.05, 0.1) is 24.9 Å². The fraction of sp³-hybridized carbons (Fsp3) is 0.727. The Balaban J connectivity index is 2.35. The van der Waals surface area contributed by atoms with Crippen LogP contribution in [0.2, 0.25) is 0 Å². The van der Waals surface area contributed by atoms with E-state index >= 15 is 0 Å². The van der Waals surface area contributed by atoms with Gasteiger partial charge in [-0.3, -0.25) is 4.68 Å². The minimum absolute atomic E-state index is 0.290. The van der Waals surface area contributed by atoms with Gasteiger partial charge in [-0.2, -0.15) is 5.10 Å². The maximum atomic E-state index is 5.49. The number of hydrogen-bond donors (Lipinski definition) is 1. The van der Waals surface area contributed by atoms with Crippen LogP contribution < -0.4 is 5.32 Å². The summed E-state index contributed by atoms with van der Waals surface area (Å²) in [6.07, 6.45) is 2.12. The predicted molar refractivity (Wildman–Crippen MR) is 60.7 cm³/mol. The van der Waals surface area contributed by atoms with Crippen molar-refractivity contribution in [3.05, 3.63) is 18.0 Å². The fourth-order valence-corrected chi connectivity index (χ4v) is 1.34. The molecule has 0 aliphatic carbocycles. The average molecular weight is 211 g/mol. The molecule has 0 atom stereocenters. The molecule has 0 unspecified atom stereocenters. The molecule has 1 N–H and O–H groups in total. The molecule has 0 radical (unpaired) electrons. The lowest BCUT2D eigenvalue weighted by Gasteiger charge is -2.10. The molecule has 4 heteroatoms. The van der Waals surface area contributed by atoms with Crippen LogP contribution in [0.3, 0.4) is 0 Å². The van der Waals surface area contributed by atoms with Gasteiger partial charge in [0, 0.05) is 12.7 Å². The van der Waals surface area contributed by atoms with Gasteiger partial charge >= 0.3 is 0 Å². The van der Waals surface area contributed by atoms with E-state index in [1.165, 1.54) is 5.69 Å². The number of hydrogen-bond acceptors (Lipinski definition) is 3. The second kappa shape index (κ2) is 6.58. The number of nitrogens with zero attached hydrogens (tertiary/aromatic N) is 2. The zero-order chi connectivity index (χ0) is 11.1. The Morgan fingerprint density at radius 1 is 1.53 bits per heavy atom. The van der Waals surface area contributed by atoms with E-state index in [9.17, 15) is 0 Å². The Labute approximate surface area is 91.6 Å². The van der Waals surface area contributed by atoms with Crippen molar-refractivity contribution in [2.24, 2.45) is 0 Å². The standard InChI is InChI=1S/C11H21N3O/c1-4-12-9-11-5-6-13-14(11)7-8-15-10(2)3/h5-6,10,12H,4,7-9H2,1-3H3. The first kappa shape index (κ1) is 12.2. The van der Waals surface area contributed by atoms with Crippen LogP contribution >= 0.6 is 0 Å². The molecular formula is C11H21N3O. The summed E-state index contributed by atoms with van der Waals surface area (Å²) in [5.74, 6) is 0. The van der Waals surface area contributed by atoms with E-state index in [1.807, 2.05) is 30.8 Å². The van der Waals surface area contributed by atoms with E-state index < -0.39 is 0 Å². The highest BCUT2D eigenvalue weighted by Gasteiger charge is 2.01. The Morgan fingerprint density at radius 2 is 2.33 bits per heavy atom. The van der Waals surface area contributed by atoms with Crippen molar-refractivity contribution in [1.29, 1.82) is 0 Å². The summed E-state index contributed by atoms with van der Waals surface area (Å²) >= 11 is 0. The molecule has 0 saturated carbocycles. The molecule has 15 heavy (non-hydrogen) atoms. The van der Waals surface area contributed by atoms with Crippen molar-refractivity contribution < 1.29 is 4.74 Å². The molecular weight excluding hydrogens is 190 g/mol. The first-order valence-electron chi connectivity index (χ1n) is 5.57. The summed E-state index contributed by atoms with van der Waals surface area (Å²) in [6, 6.07) is 2.04. The summed E-state index contributed by atoms with van der Waals surface area (Å²) in [7, 11) is 0. The first-order chi connectivity index (χ1) is 7.24. The highest BCUT2D eigenvalue weighted by Crippen LogP contribution is 1.99. The van der Waals surface area contributed by atoms with E-state index in [0.29, 0.717) is 0 Å². The van der Waals surface area contributed by atoms with Crippen LogP contribution in [-0.2, 0) is 17.8 Å². The van der Waals surface area contributed by atoms with Gasteiger partial charge in [-0.1, -0.05) is 6.92 Å². The van der Waals surface area contributed by atoms with Crippen molar-refractivity contribution in [2.75, 3.05) is 13.2 Å². The molecule has 0 amide bonds. The normalized spacial score (nSPS) is 11.2. The average Bonchev–Trinajstić information content (AvgIpc) is 2.62. The van der Waals surface area contributed by atoms with Crippen LogP contribution in [-0.4, -0.2) is 29.0 Å². The van der Waals surface area contributed by atoms with Gasteiger partial charge in [0.25, 0.3) is 0 Å². The maximum absolute atomic E-state index is 5.49. The Bertz CT molecular complexity index is 271. The van der Waals surface area contributed by atoms with Gasteiger partial charge in [0.2, 0.25) is 0 Å². The van der Waals surface area contributed by atoms with Crippen LogP contribution in [0.1, 0.15) is 26.5 Å². The maximum Gasteiger partial charge on any atom is 0.0666 e. The van der Waals surface area contributed by atoms with Gasteiger partial charge < -0.3 is 10.1 Å². The van der Waals surface area contributed by atoms with E-state index in [2.05, 4.69) is 17.3 Å². The molecule has 1 heterocycles. The topological polar surface area (TPSA) is 39.1 Å². The molecule has 1 aromatic heterocycles. The minimum Gasteiger partial charge on any atom is -0.377 e. The van der Waals surface area contributed by atoms with Gasteiger partial charge in [-0.15, -0.1) is 0 Å². The largest absolute Gasteiger partial charge is 0.377 e. The van der Waals surface area contributed by atoms with Crippen LogP contribution in [0.5, 0.6) is 0 Å². The van der Waals surface area contributed by atoms with E-state index in [0.717, 1.165) is 26.2 Å². The van der Waals surface area contributed by atoms with Crippen molar-refractivity contribution in [3.63, 3.8) is 0 Å². The molecule has 0 fully saturated rings.